The van der Waals surface area contributed by atoms with Gasteiger partial charge in [-0.15, -0.1) is 0 Å². The summed E-state index contributed by atoms with van der Waals surface area (Å²) in [5, 5.41) is 29.8. The average molecular weight is 1250 g/mol. The maximum absolute atomic E-state index is 10.5. The Labute approximate surface area is 511 Å². The fraction of sp³-hybridized carbons (Fsp3) is 0.955. The Hall–Kier alpha value is 0.259. The number of carboxylic acids is 3. The van der Waals surface area contributed by atoms with Crippen LogP contribution in [0, 0.1) is 0 Å². The first-order valence-electron chi connectivity index (χ1n) is 33.7. The van der Waals surface area contributed by atoms with Gasteiger partial charge in [0.25, 0.3) is 0 Å². The second kappa shape index (κ2) is 76.3. The van der Waals surface area contributed by atoms with Crippen molar-refractivity contribution < 1.29 is 29.7 Å². The van der Waals surface area contributed by atoms with Gasteiger partial charge >= 0.3 is 27.5 Å². The molecule has 0 saturated carbocycles. The van der Waals surface area contributed by atoms with Crippen molar-refractivity contribution in [1.82, 2.24) is 0 Å². The van der Waals surface area contributed by atoms with Crippen LogP contribution in [0.5, 0.6) is 0 Å². The number of carbonyl (C=O) groups excluding carboxylic acids is 3. The number of carboxylic acid groups (broad SMARTS) is 3. The normalized spacial score (nSPS) is 12.2. The predicted molar refractivity (Wildman–Crippen MR) is 345 cm³/mol. The van der Waals surface area contributed by atoms with E-state index in [4.69, 9.17) is 0 Å². The Kier molecular flexibility index (Phi) is 82.9. The minimum atomic E-state index is -1.03. The molecule has 0 bridgehead atoms. The molecule has 6 nitrogen and oxygen atoms in total. The van der Waals surface area contributed by atoms with Crippen LogP contribution in [0.3, 0.4) is 0 Å². The molecule has 0 spiro atoms. The van der Waals surface area contributed by atoms with Crippen molar-refractivity contribution >= 4 is 78.3 Å². The van der Waals surface area contributed by atoms with Crippen molar-refractivity contribution in [2.75, 3.05) is 0 Å². The number of aliphatic carboxylic acids is 3. The van der Waals surface area contributed by atoms with Crippen molar-refractivity contribution in [2.45, 2.75) is 407 Å². The Morgan fingerprint density at radius 1 is 0.234 bits per heavy atom. The molecule has 0 aromatic rings. The van der Waals surface area contributed by atoms with Crippen molar-refractivity contribution in [3.63, 3.8) is 0 Å². The van der Waals surface area contributed by atoms with Gasteiger partial charge in [0, 0.05) is 15.7 Å². The molecule has 0 radical (unpaired) electrons. The van der Waals surface area contributed by atoms with Gasteiger partial charge in [0.2, 0.25) is 0 Å². The van der Waals surface area contributed by atoms with E-state index >= 15 is 0 Å². The van der Waals surface area contributed by atoms with Crippen LogP contribution in [0.2, 0.25) is 4.94 Å². The predicted octanol–water partition coefficient (Wildman–Crippen LogP) is 19.6. The van der Waals surface area contributed by atoms with Gasteiger partial charge in [0.15, 0.2) is 0 Å². The van der Waals surface area contributed by atoms with Crippen LogP contribution in [0.1, 0.15) is 387 Å². The number of carbonyl (C=O) groups is 3. The molecule has 0 heterocycles. The number of unbranched alkanes of at least 4 members (excludes halogenated alkanes) is 51. The first-order valence-corrected chi connectivity index (χ1v) is 38.1. The molecule has 0 aliphatic heterocycles. The summed E-state index contributed by atoms with van der Waals surface area (Å²) in [5.41, 5.74) is 0. The maximum atomic E-state index is 10.5. The van der Waals surface area contributed by atoms with E-state index in [-0.39, 0.29) is 0 Å². The van der Waals surface area contributed by atoms with Crippen LogP contribution in [0.25, 0.3) is 0 Å². The third-order valence-corrected chi connectivity index (χ3v) is 16.7. The second-order valence-electron chi connectivity index (χ2n) is 22.9. The van der Waals surface area contributed by atoms with Crippen molar-refractivity contribution in [3.05, 3.63) is 0 Å². The number of hydrogen-bond acceptors (Lipinski definition) is 9. The van der Waals surface area contributed by atoms with E-state index in [1.54, 1.807) is 22.5 Å². The third kappa shape index (κ3) is 80.5. The van der Waals surface area contributed by atoms with Crippen LogP contribution in [0.15, 0.2) is 0 Å². The molecular formula is C67H132O6S3Sn. The number of rotatable bonds is 60. The van der Waals surface area contributed by atoms with E-state index < -0.39 is 33.7 Å². The first-order chi connectivity index (χ1) is 37.5. The summed E-state index contributed by atoms with van der Waals surface area (Å²) in [5.74, 6) is -3.10. The molecule has 0 aliphatic rings. The molecule has 0 aromatic heterocycles. The second-order valence-corrected chi connectivity index (χ2v) is 24.8. The van der Waals surface area contributed by atoms with E-state index in [2.05, 4.69) is 63.6 Å². The third-order valence-electron chi connectivity index (χ3n) is 15.3. The summed E-state index contributed by atoms with van der Waals surface area (Å²) < 4.78 is 0. The van der Waals surface area contributed by atoms with Crippen LogP contribution < -0.4 is 15.3 Å². The molecule has 77 heavy (non-hydrogen) atoms. The molecule has 3 atom stereocenters. The molecule has 0 amide bonds. The topological polar surface area (TPSA) is 120 Å². The number of hydrogen-bond donors (Lipinski definition) is 3. The summed E-state index contributed by atoms with van der Waals surface area (Å²) in [6.07, 6.45) is 75.0. The number of thiol groups is 3. The Balaban J connectivity index is -0.000000510. The molecular weight excluding hydrogens is 1120 g/mol. The zero-order chi connectivity index (χ0) is 57.8. The van der Waals surface area contributed by atoms with E-state index in [0.29, 0.717) is 19.3 Å². The SMILES string of the molecule is CCCCCCCCCCCCCCCCCCCCC(S)C(=O)[O-].CCCCCCCCCCCCCCCCCCCCC(S)C(=O)[O-].CCCCCCCCCCCCCCCCCCCCC(S)C(=O)[O-].[CH3][Sn+3]. The fourth-order valence-electron chi connectivity index (χ4n) is 10.1. The molecule has 10 heteroatoms. The van der Waals surface area contributed by atoms with Gasteiger partial charge in [0.1, 0.15) is 0 Å². The summed E-state index contributed by atoms with van der Waals surface area (Å²) in [6, 6.07) is 0. The van der Waals surface area contributed by atoms with Crippen molar-refractivity contribution in [3.8, 4) is 0 Å². The summed E-state index contributed by atoms with van der Waals surface area (Å²) >= 11 is 13.5. The Morgan fingerprint density at radius 2 is 0.325 bits per heavy atom. The Morgan fingerprint density at radius 3 is 0.416 bits per heavy atom. The molecule has 0 rings (SSSR count). The van der Waals surface area contributed by atoms with Crippen molar-refractivity contribution in [2.24, 2.45) is 0 Å². The molecule has 0 saturated heterocycles. The van der Waals surface area contributed by atoms with Gasteiger partial charge < -0.3 is 29.7 Å². The van der Waals surface area contributed by atoms with E-state index in [0.717, 1.165) is 38.5 Å². The molecule has 0 fully saturated rings. The van der Waals surface area contributed by atoms with E-state index in [1.807, 2.05) is 0 Å². The van der Waals surface area contributed by atoms with Crippen LogP contribution in [0.4, 0.5) is 0 Å². The zero-order valence-corrected chi connectivity index (χ0v) is 57.4. The fourth-order valence-corrected chi connectivity index (χ4v) is 10.6. The first kappa shape index (κ1) is 83.7. The molecule has 458 valence electrons. The summed E-state index contributed by atoms with van der Waals surface area (Å²) in [6.45, 7) is 6.84. The zero-order valence-electron chi connectivity index (χ0n) is 51.8. The molecule has 3 unspecified atom stereocenters. The average Bonchev–Trinajstić information content (AvgIpc) is 3.42. The summed E-state index contributed by atoms with van der Waals surface area (Å²) in [4.78, 5) is 33.7. The standard InChI is InChI=1S/3C22H44O2S.CH3.Sn/c3*1-2-3-4-5-6-7-8-9-10-11-12-13-14-15-16-17-18-19-20-21(25)22(23)24;;/h3*21,25H,2-20H2,1H3,(H,23,24);1H3;/q;;;;+3/p-3. The van der Waals surface area contributed by atoms with Gasteiger partial charge in [-0.3, -0.25) is 0 Å². The van der Waals surface area contributed by atoms with Gasteiger partial charge in [-0.05, 0) is 19.3 Å². The molecule has 0 N–H and O–H groups in total. The monoisotopic (exact) mass is 1250 g/mol. The summed E-state index contributed by atoms with van der Waals surface area (Å²) in [7, 11) is 0. The van der Waals surface area contributed by atoms with Crippen molar-refractivity contribution in [1.29, 1.82) is 0 Å². The van der Waals surface area contributed by atoms with Gasteiger partial charge in [0.05, 0.1) is 17.9 Å². The minimum absolute atomic E-state index is 0.582. The van der Waals surface area contributed by atoms with Crippen LogP contribution >= 0.6 is 37.9 Å². The van der Waals surface area contributed by atoms with Gasteiger partial charge in [-0.1, -0.05) is 367 Å². The van der Waals surface area contributed by atoms with Crippen LogP contribution in [-0.2, 0) is 14.4 Å². The molecule has 0 aliphatic carbocycles. The van der Waals surface area contributed by atoms with E-state index in [1.165, 1.54) is 308 Å². The van der Waals surface area contributed by atoms with Gasteiger partial charge in [-0.25, -0.2) is 0 Å². The van der Waals surface area contributed by atoms with E-state index in [9.17, 15) is 29.7 Å². The Bertz CT molecular complexity index is 985. The van der Waals surface area contributed by atoms with Crippen LogP contribution in [-0.4, -0.2) is 56.2 Å². The quantitative estimate of drug-likeness (QED) is 0.0317. The molecule has 0 aromatic carbocycles. The van der Waals surface area contributed by atoms with Gasteiger partial charge in [-0.2, -0.15) is 37.9 Å².